The summed E-state index contributed by atoms with van der Waals surface area (Å²) in [7, 11) is 1.85. The Morgan fingerprint density at radius 3 is 3.14 bits per heavy atom. The number of anilines is 1. The van der Waals surface area contributed by atoms with Gasteiger partial charge in [0.15, 0.2) is 0 Å². The molecule has 1 aromatic rings. The molecule has 0 aliphatic rings. The molecular weight excluding hydrogens is 178 g/mol. The van der Waals surface area contributed by atoms with E-state index in [0.29, 0.717) is 12.6 Å². The Labute approximate surface area is 84.3 Å². The van der Waals surface area contributed by atoms with Crippen molar-refractivity contribution in [2.75, 3.05) is 25.0 Å². The van der Waals surface area contributed by atoms with Gasteiger partial charge in [0.2, 0.25) is 0 Å². The lowest BCUT2D eigenvalue weighted by molar-refractivity contribution is 0.550. The first kappa shape index (κ1) is 10.6. The van der Waals surface area contributed by atoms with Gasteiger partial charge < -0.3 is 14.6 Å². The van der Waals surface area contributed by atoms with Gasteiger partial charge in [-0.15, -0.1) is 6.42 Å². The second kappa shape index (κ2) is 5.30. The van der Waals surface area contributed by atoms with Gasteiger partial charge in [-0.1, -0.05) is 12.8 Å². The van der Waals surface area contributed by atoms with E-state index in [2.05, 4.69) is 16.2 Å². The van der Waals surface area contributed by atoms with Crippen molar-refractivity contribution in [1.29, 1.82) is 0 Å². The third-order valence-corrected chi connectivity index (χ3v) is 1.75. The minimum absolute atomic E-state index is 0.501. The van der Waals surface area contributed by atoms with Crippen molar-refractivity contribution >= 4 is 6.01 Å². The number of nitrogens with zero attached hydrogens (tertiary/aromatic N) is 2. The Balaban J connectivity index is 2.54. The van der Waals surface area contributed by atoms with Crippen molar-refractivity contribution in [3.05, 3.63) is 12.0 Å². The molecule has 4 nitrogen and oxygen atoms in total. The van der Waals surface area contributed by atoms with Crippen LogP contribution in [0.5, 0.6) is 0 Å². The number of rotatable bonds is 5. The molecule has 0 saturated heterocycles. The lowest BCUT2D eigenvalue weighted by Crippen LogP contribution is -2.17. The van der Waals surface area contributed by atoms with E-state index in [1.807, 2.05) is 14.0 Å². The van der Waals surface area contributed by atoms with E-state index in [0.717, 1.165) is 18.8 Å². The van der Waals surface area contributed by atoms with Gasteiger partial charge in [-0.25, -0.2) is 0 Å². The highest BCUT2D eigenvalue weighted by Gasteiger charge is 2.06. The fraction of sp³-hybridized carbons (Fsp3) is 0.500. The highest BCUT2D eigenvalue weighted by molar-refractivity contribution is 5.27. The molecule has 1 N–H and O–H groups in total. The molecule has 4 heteroatoms. The van der Waals surface area contributed by atoms with Gasteiger partial charge in [-0.2, -0.15) is 4.98 Å². The van der Waals surface area contributed by atoms with Crippen LogP contribution in [0.15, 0.2) is 10.7 Å². The molecule has 0 unspecified atom stereocenters. The van der Waals surface area contributed by atoms with E-state index >= 15 is 0 Å². The van der Waals surface area contributed by atoms with E-state index in [-0.39, 0.29) is 0 Å². The van der Waals surface area contributed by atoms with Crippen molar-refractivity contribution in [3.8, 4) is 12.3 Å². The Morgan fingerprint density at radius 2 is 2.50 bits per heavy atom. The van der Waals surface area contributed by atoms with Gasteiger partial charge in [-0.05, 0) is 6.54 Å². The molecule has 0 aliphatic heterocycles. The molecular formula is C10H15N3O. The molecule has 0 saturated carbocycles. The zero-order valence-corrected chi connectivity index (χ0v) is 8.58. The first-order valence-electron chi connectivity index (χ1n) is 4.57. The average molecular weight is 193 g/mol. The molecule has 0 aromatic carbocycles. The summed E-state index contributed by atoms with van der Waals surface area (Å²) in [6.45, 7) is 4.19. The molecule has 0 amide bonds. The van der Waals surface area contributed by atoms with E-state index in [1.54, 1.807) is 11.2 Å². The maximum Gasteiger partial charge on any atom is 0.297 e. The van der Waals surface area contributed by atoms with Crippen molar-refractivity contribution < 1.29 is 4.42 Å². The lowest BCUT2D eigenvalue weighted by Gasteiger charge is -2.08. The summed E-state index contributed by atoms with van der Waals surface area (Å²) < 4.78 is 5.26. The third-order valence-electron chi connectivity index (χ3n) is 1.75. The van der Waals surface area contributed by atoms with Crippen LogP contribution in [-0.2, 0) is 6.54 Å². The number of hydrogen-bond acceptors (Lipinski definition) is 4. The largest absolute Gasteiger partial charge is 0.432 e. The van der Waals surface area contributed by atoms with Crippen LogP contribution in [0, 0.1) is 12.3 Å². The molecule has 0 spiro atoms. The number of oxazole rings is 1. The first-order valence-corrected chi connectivity index (χ1v) is 4.57. The second-order valence-electron chi connectivity index (χ2n) is 2.96. The summed E-state index contributed by atoms with van der Waals surface area (Å²) in [5.74, 6) is 2.53. The maximum absolute atomic E-state index is 5.26. The van der Waals surface area contributed by atoms with Crippen LogP contribution in [0.3, 0.4) is 0 Å². The zero-order valence-electron chi connectivity index (χ0n) is 8.58. The minimum Gasteiger partial charge on any atom is -0.432 e. The van der Waals surface area contributed by atoms with E-state index in [9.17, 15) is 0 Å². The standard InChI is InChI=1S/C10H15N3O/c1-4-6-13(3)10-12-9(8-14-10)7-11-5-2/h1,8,11H,5-7H2,2-3H3. The van der Waals surface area contributed by atoms with Gasteiger partial charge in [0.05, 0.1) is 12.2 Å². The fourth-order valence-electron chi connectivity index (χ4n) is 1.01. The van der Waals surface area contributed by atoms with Gasteiger partial charge in [-0.3, -0.25) is 0 Å². The molecule has 1 heterocycles. The first-order chi connectivity index (χ1) is 6.77. The number of nitrogens with one attached hydrogen (secondary N) is 1. The van der Waals surface area contributed by atoms with Crippen molar-refractivity contribution in [1.82, 2.24) is 10.3 Å². The van der Waals surface area contributed by atoms with E-state index < -0.39 is 0 Å². The van der Waals surface area contributed by atoms with Crippen molar-refractivity contribution in [2.24, 2.45) is 0 Å². The number of aromatic nitrogens is 1. The summed E-state index contributed by atoms with van der Waals surface area (Å²) in [6, 6.07) is 0.566. The zero-order chi connectivity index (χ0) is 10.4. The number of hydrogen-bond donors (Lipinski definition) is 1. The second-order valence-corrected chi connectivity index (χ2v) is 2.96. The number of terminal acetylenes is 1. The molecule has 0 radical (unpaired) electrons. The summed E-state index contributed by atoms with van der Waals surface area (Å²) in [5, 5.41) is 3.17. The van der Waals surface area contributed by atoms with Crippen molar-refractivity contribution in [3.63, 3.8) is 0 Å². The summed E-state index contributed by atoms with van der Waals surface area (Å²) >= 11 is 0. The molecule has 1 aromatic heterocycles. The van der Waals surface area contributed by atoms with Gasteiger partial charge >= 0.3 is 0 Å². The molecule has 1 rings (SSSR count). The van der Waals surface area contributed by atoms with Crippen LogP contribution in [0.4, 0.5) is 6.01 Å². The predicted octanol–water partition coefficient (Wildman–Crippen LogP) is 0.853. The maximum atomic E-state index is 5.26. The summed E-state index contributed by atoms with van der Waals surface area (Å²) in [4.78, 5) is 6.05. The summed E-state index contributed by atoms with van der Waals surface area (Å²) in [5.41, 5.74) is 0.894. The smallest absolute Gasteiger partial charge is 0.297 e. The summed E-state index contributed by atoms with van der Waals surface area (Å²) in [6.07, 6.45) is 6.82. The van der Waals surface area contributed by atoms with Gasteiger partial charge in [0, 0.05) is 13.6 Å². The highest BCUT2D eigenvalue weighted by Crippen LogP contribution is 2.10. The van der Waals surface area contributed by atoms with Crippen LogP contribution in [0.25, 0.3) is 0 Å². The third kappa shape index (κ3) is 2.79. The lowest BCUT2D eigenvalue weighted by atomic mass is 10.5. The SMILES string of the molecule is C#CCN(C)c1nc(CNCC)co1. The van der Waals surface area contributed by atoms with Crippen LogP contribution >= 0.6 is 0 Å². The predicted molar refractivity (Wildman–Crippen MR) is 56.0 cm³/mol. The normalized spacial score (nSPS) is 9.79. The topological polar surface area (TPSA) is 41.3 Å². The van der Waals surface area contributed by atoms with Crippen LogP contribution in [-0.4, -0.2) is 25.1 Å². The fourth-order valence-corrected chi connectivity index (χ4v) is 1.01. The molecule has 0 atom stereocenters. The van der Waals surface area contributed by atoms with E-state index in [1.165, 1.54) is 0 Å². The molecule has 0 fully saturated rings. The molecule has 0 aliphatic carbocycles. The molecule has 14 heavy (non-hydrogen) atoms. The van der Waals surface area contributed by atoms with Gasteiger partial charge in [0.25, 0.3) is 6.01 Å². The molecule has 0 bridgehead atoms. The van der Waals surface area contributed by atoms with Crippen molar-refractivity contribution in [2.45, 2.75) is 13.5 Å². The van der Waals surface area contributed by atoms with Gasteiger partial charge in [0.1, 0.15) is 6.26 Å². The van der Waals surface area contributed by atoms with Crippen LogP contribution in [0.1, 0.15) is 12.6 Å². The Morgan fingerprint density at radius 1 is 1.71 bits per heavy atom. The average Bonchev–Trinajstić information content (AvgIpc) is 2.63. The van der Waals surface area contributed by atoms with Crippen LogP contribution in [0.2, 0.25) is 0 Å². The monoisotopic (exact) mass is 193 g/mol. The van der Waals surface area contributed by atoms with E-state index in [4.69, 9.17) is 10.8 Å². The Hall–Kier alpha value is -1.47. The quantitative estimate of drug-likeness (QED) is 0.704. The molecule has 76 valence electrons. The highest BCUT2D eigenvalue weighted by atomic mass is 16.4. The minimum atomic E-state index is 0.501. The van der Waals surface area contributed by atoms with Crippen LogP contribution < -0.4 is 10.2 Å². The Kier molecular flexibility index (Phi) is 4.02. The Bertz CT molecular complexity index is 313.